The van der Waals surface area contributed by atoms with Crippen molar-refractivity contribution >= 4 is 35.8 Å². The van der Waals surface area contributed by atoms with E-state index in [1.165, 1.54) is 18.9 Å². The number of nitrogens with one attached hydrogen (secondary N) is 3. The van der Waals surface area contributed by atoms with Crippen molar-refractivity contribution < 1.29 is 33.4 Å². The number of ether oxygens (including phenoxy) is 3. The lowest BCUT2D eigenvalue weighted by molar-refractivity contribution is -0.144. The van der Waals surface area contributed by atoms with Crippen molar-refractivity contribution in [1.29, 1.82) is 0 Å². The zero-order valence-electron chi connectivity index (χ0n) is 24.7. The van der Waals surface area contributed by atoms with E-state index in [4.69, 9.17) is 14.2 Å². The molecular formula is C33H39N3O7S. The minimum absolute atomic E-state index is 0.0386. The second kappa shape index (κ2) is 19.6. The van der Waals surface area contributed by atoms with Crippen molar-refractivity contribution in [1.82, 2.24) is 16.0 Å². The summed E-state index contributed by atoms with van der Waals surface area (Å²) in [6.07, 6.45) is -0.0396. The Morgan fingerprint density at radius 3 is 1.80 bits per heavy atom. The molecule has 44 heavy (non-hydrogen) atoms. The number of carbonyl (C=O) groups is 4. The van der Waals surface area contributed by atoms with Gasteiger partial charge in [-0.3, -0.25) is 4.79 Å². The molecule has 2 atom stereocenters. The first-order valence-electron chi connectivity index (χ1n) is 14.4. The van der Waals surface area contributed by atoms with Crippen molar-refractivity contribution in [2.75, 3.05) is 19.4 Å². The Morgan fingerprint density at radius 1 is 0.682 bits per heavy atom. The van der Waals surface area contributed by atoms with Gasteiger partial charge in [0.15, 0.2) is 0 Å². The van der Waals surface area contributed by atoms with Crippen LogP contribution in [0.5, 0.6) is 0 Å². The Hall–Kier alpha value is -4.51. The van der Waals surface area contributed by atoms with Gasteiger partial charge in [0, 0.05) is 18.1 Å². The number of hydrogen-bond acceptors (Lipinski definition) is 8. The van der Waals surface area contributed by atoms with E-state index < -0.39 is 36.1 Å². The first kappa shape index (κ1) is 34.0. The number of hydrogen-bond donors (Lipinski definition) is 3. The summed E-state index contributed by atoms with van der Waals surface area (Å²) < 4.78 is 15.4. The number of thioether (sulfide) groups is 1. The van der Waals surface area contributed by atoms with E-state index in [0.717, 1.165) is 16.7 Å². The second-order valence-corrected chi connectivity index (χ2v) is 10.9. The summed E-state index contributed by atoms with van der Waals surface area (Å²) in [7, 11) is 1.26. The van der Waals surface area contributed by atoms with Crippen molar-refractivity contribution in [3.05, 3.63) is 108 Å². The van der Waals surface area contributed by atoms with Crippen LogP contribution in [0.4, 0.5) is 9.59 Å². The van der Waals surface area contributed by atoms with Crippen molar-refractivity contribution in [2.45, 2.75) is 50.3 Å². The quantitative estimate of drug-likeness (QED) is 0.109. The maximum Gasteiger partial charge on any atom is 0.408 e. The third-order valence-electron chi connectivity index (χ3n) is 6.42. The van der Waals surface area contributed by atoms with Gasteiger partial charge in [0.1, 0.15) is 25.3 Å². The first-order valence-corrected chi connectivity index (χ1v) is 15.5. The summed E-state index contributed by atoms with van der Waals surface area (Å²) >= 11 is 1.48. The molecule has 0 aliphatic heterocycles. The number of benzene rings is 3. The van der Waals surface area contributed by atoms with Crippen LogP contribution in [0.15, 0.2) is 91.0 Å². The Balaban J connectivity index is 1.51. The first-order chi connectivity index (χ1) is 21.4. The molecule has 3 amide bonds. The highest BCUT2D eigenvalue weighted by molar-refractivity contribution is 7.98. The van der Waals surface area contributed by atoms with Crippen molar-refractivity contribution in [2.24, 2.45) is 0 Å². The van der Waals surface area contributed by atoms with Crippen LogP contribution in [-0.2, 0) is 42.8 Å². The molecule has 3 aromatic carbocycles. The van der Waals surface area contributed by atoms with Crippen LogP contribution in [0.25, 0.3) is 0 Å². The van der Waals surface area contributed by atoms with Crippen molar-refractivity contribution in [3.63, 3.8) is 0 Å². The van der Waals surface area contributed by atoms with E-state index in [1.54, 1.807) is 0 Å². The van der Waals surface area contributed by atoms with Gasteiger partial charge in [0.25, 0.3) is 0 Å². The monoisotopic (exact) mass is 621 g/mol. The molecule has 11 heteroatoms. The van der Waals surface area contributed by atoms with Gasteiger partial charge in [-0.15, -0.1) is 0 Å². The number of unbranched alkanes of at least 4 members (excludes halogenated alkanes) is 1. The van der Waals surface area contributed by atoms with Gasteiger partial charge in [0.05, 0.1) is 7.11 Å². The van der Waals surface area contributed by atoms with Gasteiger partial charge in [-0.1, -0.05) is 91.0 Å². The minimum Gasteiger partial charge on any atom is -0.467 e. The Labute approximate surface area is 262 Å². The molecule has 0 radical (unpaired) electrons. The van der Waals surface area contributed by atoms with E-state index in [-0.39, 0.29) is 25.4 Å². The zero-order chi connectivity index (χ0) is 31.4. The lowest BCUT2D eigenvalue weighted by Gasteiger charge is -2.22. The third kappa shape index (κ3) is 13.2. The van der Waals surface area contributed by atoms with E-state index in [9.17, 15) is 19.2 Å². The highest BCUT2D eigenvalue weighted by Gasteiger charge is 2.27. The van der Waals surface area contributed by atoms with E-state index in [0.29, 0.717) is 25.1 Å². The molecule has 0 aliphatic carbocycles. The third-order valence-corrected chi connectivity index (χ3v) is 7.53. The predicted octanol–water partition coefficient (Wildman–Crippen LogP) is 4.97. The van der Waals surface area contributed by atoms with Crippen LogP contribution in [0.2, 0.25) is 0 Å². The number of methoxy groups -OCH3 is 1. The molecule has 0 aliphatic rings. The molecule has 0 saturated heterocycles. The fraction of sp³-hybridized carbons (Fsp3) is 0.333. The summed E-state index contributed by atoms with van der Waals surface area (Å²) in [4.78, 5) is 50.5. The number of amides is 3. The summed E-state index contributed by atoms with van der Waals surface area (Å²) in [6.45, 7) is 0.521. The van der Waals surface area contributed by atoms with Crippen LogP contribution < -0.4 is 16.0 Å². The molecule has 0 spiro atoms. The summed E-state index contributed by atoms with van der Waals surface area (Å²) in [5.41, 5.74) is 2.77. The Bertz CT molecular complexity index is 1300. The molecule has 0 fully saturated rings. The highest BCUT2D eigenvalue weighted by atomic mass is 32.2. The molecule has 3 rings (SSSR count). The van der Waals surface area contributed by atoms with Gasteiger partial charge >= 0.3 is 18.2 Å². The van der Waals surface area contributed by atoms with Gasteiger partial charge in [-0.25, -0.2) is 14.4 Å². The van der Waals surface area contributed by atoms with Gasteiger partial charge in [-0.05, 0) is 36.0 Å². The summed E-state index contributed by atoms with van der Waals surface area (Å²) in [5, 5.41) is 8.04. The van der Waals surface area contributed by atoms with Gasteiger partial charge in [-0.2, -0.15) is 11.8 Å². The predicted molar refractivity (Wildman–Crippen MR) is 169 cm³/mol. The molecule has 1 unspecified atom stereocenters. The topological polar surface area (TPSA) is 132 Å². The van der Waals surface area contributed by atoms with Crippen LogP contribution in [-0.4, -0.2) is 55.6 Å². The molecule has 0 bridgehead atoms. The molecule has 3 aromatic rings. The molecule has 10 nitrogen and oxygen atoms in total. The molecular weight excluding hydrogens is 582 g/mol. The standard InChI is InChI=1S/C33H39N3O7S/c1-41-31(38)29(24-44-23-27-17-9-4-10-18-27)35-30(37)28(36-33(40)43-22-26-15-7-3-8-16-26)19-11-12-20-34-32(39)42-21-25-13-5-2-6-14-25/h2-10,13-18,28-29H,11-12,19-24H2,1H3,(H,34,39)(H,35,37)(H,36,40)/t28?,29-/m0/s1. The average molecular weight is 622 g/mol. The Kier molecular flexibility index (Phi) is 15.2. The number of carbonyl (C=O) groups excluding carboxylic acids is 4. The molecule has 0 heterocycles. The fourth-order valence-corrected chi connectivity index (χ4v) is 5.07. The largest absolute Gasteiger partial charge is 0.467 e. The minimum atomic E-state index is -0.977. The van der Waals surface area contributed by atoms with Crippen LogP contribution in [0.1, 0.15) is 36.0 Å². The van der Waals surface area contributed by atoms with E-state index in [2.05, 4.69) is 16.0 Å². The van der Waals surface area contributed by atoms with E-state index in [1.807, 2.05) is 91.0 Å². The lowest BCUT2D eigenvalue weighted by Crippen LogP contribution is -2.52. The van der Waals surface area contributed by atoms with Gasteiger partial charge < -0.3 is 30.2 Å². The number of rotatable bonds is 17. The number of alkyl carbamates (subject to hydrolysis) is 2. The number of esters is 1. The molecule has 234 valence electrons. The van der Waals surface area contributed by atoms with E-state index >= 15 is 0 Å². The molecule has 0 saturated carbocycles. The Morgan fingerprint density at radius 2 is 1.23 bits per heavy atom. The molecule has 3 N–H and O–H groups in total. The maximum atomic E-state index is 13.3. The van der Waals surface area contributed by atoms with Crippen LogP contribution >= 0.6 is 11.8 Å². The normalized spacial score (nSPS) is 11.8. The highest BCUT2D eigenvalue weighted by Crippen LogP contribution is 2.14. The fourth-order valence-electron chi connectivity index (χ4n) is 4.07. The van der Waals surface area contributed by atoms with Crippen molar-refractivity contribution in [3.8, 4) is 0 Å². The zero-order valence-corrected chi connectivity index (χ0v) is 25.6. The van der Waals surface area contributed by atoms with Crippen LogP contribution in [0.3, 0.4) is 0 Å². The summed E-state index contributed by atoms with van der Waals surface area (Å²) in [5.74, 6) is -0.179. The summed E-state index contributed by atoms with van der Waals surface area (Å²) in [6, 6.07) is 26.4. The second-order valence-electron chi connectivity index (χ2n) is 9.83. The maximum absolute atomic E-state index is 13.3. The smallest absolute Gasteiger partial charge is 0.408 e. The SMILES string of the molecule is COC(=O)[C@H](CSCc1ccccc1)NC(=O)C(CCCCNC(=O)OCc1ccccc1)NC(=O)OCc1ccccc1. The molecule has 0 aromatic heterocycles. The van der Waals surface area contributed by atoms with Gasteiger partial charge in [0.2, 0.25) is 5.91 Å². The average Bonchev–Trinajstić information content (AvgIpc) is 3.06. The van der Waals surface area contributed by atoms with Crippen LogP contribution in [0, 0.1) is 0 Å². The lowest BCUT2D eigenvalue weighted by atomic mass is 10.1.